The average Bonchev–Trinajstić information content (AvgIpc) is 3.09. The van der Waals surface area contributed by atoms with Gasteiger partial charge in [-0.1, -0.05) is 30.8 Å². The third-order valence-corrected chi connectivity index (χ3v) is 4.68. The first-order valence-corrected chi connectivity index (χ1v) is 9.91. The fourth-order valence-electron chi connectivity index (χ4n) is 2.94. The van der Waals surface area contributed by atoms with Crippen molar-refractivity contribution in [2.24, 2.45) is 0 Å². The van der Waals surface area contributed by atoms with Crippen LogP contribution in [0.1, 0.15) is 17.5 Å². The first-order valence-electron chi connectivity index (χ1n) is 9.91. The molecule has 2 aromatic heterocycles. The minimum absolute atomic E-state index is 0.0430. The van der Waals surface area contributed by atoms with Crippen molar-refractivity contribution in [2.75, 3.05) is 26.1 Å². The highest BCUT2D eigenvalue weighted by Crippen LogP contribution is 2.18. The summed E-state index contributed by atoms with van der Waals surface area (Å²) < 4.78 is 11.8. The topological polar surface area (TPSA) is 174 Å². The molecule has 33 heavy (non-hydrogen) atoms. The summed E-state index contributed by atoms with van der Waals surface area (Å²) in [4.78, 5) is 46.0. The number of methoxy groups -OCH3 is 1. The second-order valence-electron chi connectivity index (χ2n) is 7.13. The Morgan fingerprint density at radius 1 is 1.21 bits per heavy atom. The zero-order valence-electron chi connectivity index (χ0n) is 18.0. The monoisotopic (exact) mass is 456 g/mol. The molecule has 0 spiro atoms. The molecule has 174 valence electrons. The Hall–Kier alpha value is -4.19. The number of carbonyl (C=O) groups is 2. The lowest BCUT2D eigenvalue weighted by Crippen LogP contribution is -2.24. The largest absolute Gasteiger partial charge is 0.478 e. The van der Waals surface area contributed by atoms with Crippen molar-refractivity contribution in [1.29, 1.82) is 0 Å². The number of hydrogen-bond acceptors (Lipinski definition) is 8. The summed E-state index contributed by atoms with van der Waals surface area (Å²) in [6.45, 7) is 4.36. The number of H-pyrrole nitrogens is 1. The lowest BCUT2D eigenvalue weighted by atomic mass is 10.1. The van der Waals surface area contributed by atoms with E-state index in [1.807, 2.05) is 12.1 Å². The molecule has 0 radical (unpaired) electrons. The number of nitrogens with one attached hydrogen (secondary N) is 2. The van der Waals surface area contributed by atoms with Gasteiger partial charge in [-0.3, -0.25) is 9.36 Å². The molecule has 1 aromatic carbocycles. The molecule has 0 saturated carbocycles. The van der Waals surface area contributed by atoms with E-state index in [0.29, 0.717) is 17.8 Å². The Morgan fingerprint density at radius 2 is 1.91 bits per heavy atom. The van der Waals surface area contributed by atoms with Gasteiger partial charge in [0.1, 0.15) is 12.1 Å². The van der Waals surface area contributed by atoms with Crippen molar-refractivity contribution in [3.63, 3.8) is 0 Å². The van der Waals surface area contributed by atoms with Crippen LogP contribution < -0.4 is 21.5 Å². The number of aromatic amines is 1. The van der Waals surface area contributed by atoms with Gasteiger partial charge in [0, 0.05) is 19.2 Å². The molecule has 0 bridgehead atoms. The van der Waals surface area contributed by atoms with Crippen LogP contribution in [0.4, 0.5) is 5.82 Å². The number of nitrogens with two attached hydrogens (primary N) is 1. The molecule has 0 fully saturated rings. The van der Waals surface area contributed by atoms with Crippen LogP contribution in [-0.4, -0.2) is 56.8 Å². The zero-order chi connectivity index (χ0) is 24.0. The molecule has 2 heterocycles. The highest BCUT2D eigenvalue weighted by atomic mass is 16.5. The van der Waals surface area contributed by atoms with Crippen molar-refractivity contribution in [1.82, 2.24) is 24.8 Å². The van der Waals surface area contributed by atoms with Crippen LogP contribution in [0.3, 0.4) is 0 Å². The molecule has 5 N–H and O–H groups in total. The second-order valence-corrected chi connectivity index (χ2v) is 7.13. The number of aliphatic carboxylic acids is 1. The number of rotatable bonds is 11. The maximum Gasteiger partial charge on any atom is 0.331 e. The molecule has 1 amide bonds. The molecule has 3 aromatic rings. The summed E-state index contributed by atoms with van der Waals surface area (Å²) in [5.74, 6) is -1.54. The second kappa shape index (κ2) is 10.4. The number of amides is 1. The molecule has 12 nitrogen and oxygen atoms in total. The zero-order valence-corrected chi connectivity index (χ0v) is 18.0. The van der Waals surface area contributed by atoms with E-state index in [1.165, 1.54) is 4.57 Å². The molecule has 12 heteroatoms. The van der Waals surface area contributed by atoms with E-state index in [1.54, 1.807) is 19.2 Å². The maximum atomic E-state index is 12.5. The summed E-state index contributed by atoms with van der Waals surface area (Å²) in [7, 11) is 1.54. The number of fused-ring (bicyclic) bond motifs is 1. The summed E-state index contributed by atoms with van der Waals surface area (Å²) in [5.41, 5.74) is 7.62. The van der Waals surface area contributed by atoms with Crippen LogP contribution in [0.15, 0.2) is 41.2 Å². The quantitative estimate of drug-likeness (QED) is 0.235. The van der Waals surface area contributed by atoms with Crippen molar-refractivity contribution in [3.8, 4) is 6.01 Å². The summed E-state index contributed by atoms with van der Waals surface area (Å²) >= 11 is 0. The van der Waals surface area contributed by atoms with Crippen molar-refractivity contribution >= 4 is 28.9 Å². The van der Waals surface area contributed by atoms with Crippen LogP contribution in [-0.2, 0) is 27.4 Å². The number of hydrogen-bond donors (Lipinski definition) is 4. The minimum atomic E-state index is -1.21. The fourth-order valence-corrected chi connectivity index (χ4v) is 2.94. The number of benzene rings is 1. The number of aromatic nitrogens is 4. The molecule has 0 saturated heterocycles. The van der Waals surface area contributed by atoms with Crippen molar-refractivity contribution in [3.05, 3.63) is 58.0 Å². The highest BCUT2D eigenvalue weighted by molar-refractivity contribution is 5.93. The van der Waals surface area contributed by atoms with Gasteiger partial charge in [0.25, 0.3) is 0 Å². The van der Waals surface area contributed by atoms with E-state index in [0.717, 1.165) is 11.1 Å². The normalized spacial score (nSPS) is 10.8. The Morgan fingerprint density at radius 3 is 2.58 bits per heavy atom. The van der Waals surface area contributed by atoms with Gasteiger partial charge in [-0.2, -0.15) is 9.97 Å². The Bertz CT molecular complexity index is 1230. The van der Waals surface area contributed by atoms with E-state index in [4.69, 9.17) is 20.3 Å². The summed E-state index contributed by atoms with van der Waals surface area (Å²) in [6.07, 6.45) is -0.279. The number of nitrogen functional groups attached to an aromatic ring is 1. The minimum Gasteiger partial charge on any atom is -0.478 e. The van der Waals surface area contributed by atoms with E-state index < -0.39 is 17.6 Å². The number of carboxylic acids is 1. The molecular weight excluding hydrogens is 432 g/mol. The van der Waals surface area contributed by atoms with Crippen LogP contribution in [0, 0.1) is 0 Å². The molecule has 0 aliphatic heterocycles. The van der Waals surface area contributed by atoms with E-state index >= 15 is 0 Å². The molecule has 0 aliphatic carbocycles. The lowest BCUT2D eigenvalue weighted by Gasteiger charge is -2.08. The summed E-state index contributed by atoms with van der Waals surface area (Å²) in [6, 6.07) is 7.25. The SMILES string of the molecule is C=C(CC(=O)NCc1ccc(Cn2c(=O)[nH]c3c(N)nc(OCCOC)nc32)cc1)C(=O)O. The first-order chi connectivity index (χ1) is 15.8. The number of anilines is 1. The number of imidazole rings is 1. The molecule has 0 unspecified atom stereocenters. The Balaban J connectivity index is 1.70. The van der Waals surface area contributed by atoms with Gasteiger partial charge in [0.05, 0.1) is 19.6 Å². The van der Waals surface area contributed by atoms with Crippen LogP contribution in [0.2, 0.25) is 0 Å². The predicted molar refractivity (Wildman–Crippen MR) is 119 cm³/mol. The van der Waals surface area contributed by atoms with E-state index in [9.17, 15) is 14.4 Å². The van der Waals surface area contributed by atoms with E-state index in [-0.39, 0.29) is 43.5 Å². The van der Waals surface area contributed by atoms with Crippen molar-refractivity contribution < 1.29 is 24.2 Å². The molecular formula is C21H24N6O6. The van der Waals surface area contributed by atoms with Crippen LogP contribution in [0.5, 0.6) is 6.01 Å². The van der Waals surface area contributed by atoms with Gasteiger partial charge >= 0.3 is 17.7 Å². The van der Waals surface area contributed by atoms with Crippen molar-refractivity contribution in [2.45, 2.75) is 19.5 Å². The number of carboxylic acid groups (broad SMARTS) is 1. The molecule has 0 atom stereocenters. The van der Waals surface area contributed by atoms with Gasteiger partial charge in [0.15, 0.2) is 11.5 Å². The Kier molecular flexibility index (Phi) is 7.41. The molecule has 0 aliphatic rings. The summed E-state index contributed by atoms with van der Waals surface area (Å²) in [5, 5.41) is 11.4. The predicted octanol–water partition coefficient (Wildman–Crippen LogP) is 0.422. The van der Waals surface area contributed by atoms with Gasteiger partial charge in [-0.25, -0.2) is 9.59 Å². The average molecular weight is 456 g/mol. The van der Waals surface area contributed by atoms with Gasteiger partial charge < -0.3 is 30.6 Å². The van der Waals surface area contributed by atoms with Crippen LogP contribution >= 0.6 is 0 Å². The van der Waals surface area contributed by atoms with Gasteiger partial charge in [-0.05, 0) is 11.1 Å². The van der Waals surface area contributed by atoms with E-state index in [2.05, 4.69) is 26.8 Å². The standard InChI is InChI=1S/C21H24N6O6/c1-12(19(29)30)9-15(28)23-10-13-3-5-14(6-4-13)11-27-18-16(24-21(27)31)17(22)25-20(26-18)33-8-7-32-2/h3-6H,1,7-11H2,2H3,(H,23,28)(H,24,31)(H,29,30)(H2,22,25,26). The number of ether oxygens (including phenoxy) is 2. The number of nitrogens with zero attached hydrogens (tertiary/aromatic N) is 3. The van der Waals surface area contributed by atoms with Crippen LogP contribution in [0.25, 0.3) is 11.2 Å². The lowest BCUT2D eigenvalue weighted by molar-refractivity contribution is -0.134. The first kappa shape index (κ1) is 23.5. The third-order valence-electron chi connectivity index (χ3n) is 4.68. The van der Waals surface area contributed by atoms with Gasteiger partial charge in [-0.15, -0.1) is 0 Å². The fraction of sp³-hybridized carbons (Fsp3) is 0.286. The maximum absolute atomic E-state index is 12.5. The third kappa shape index (κ3) is 5.95. The highest BCUT2D eigenvalue weighted by Gasteiger charge is 2.15. The smallest absolute Gasteiger partial charge is 0.331 e. The Labute approximate surface area is 188 Å². The molecule has 3 rings (SSSR count). The van der Waals surface area contributed by atoms with Gasteiger partial charge in [0.2, 0.25) is 5.91 Å². The number of carbonyl (C=O) groups excluding carboxylic acids is 1.